The van der Waals surface area contributed by atoms with E-state index in [1.165, 1.54) is 12.8 Å². The molecule has 3 heteroatoms. The Labute approximate surface area is 129 Å². The zero-order valence-electron chi connectivity index (χ0n) is 14.3. The van der Waals surface area contributed by atoms with Crippen LogP contribution in [-0.4, -0.2) is 24.7 Å². The Balaban J connectivity index is 1.72. The third kappa shape index (κ3) is 2.15. The van der Waals surface area contributed by atoms with Crippen molar-refractivity contribution in [2.75, 3.05) is 6.54 Å². The number of rotatable bonds is 2. The van der Waals surface area contributed by atoms with Crippen molar-refractivity contribution in [3.63, 3.8) is 0 Å². The molecule has 2 bridgehead atoms. The number of carbonyl (C=O) groups is 1. The van der Waals surface area contributed by atoms with Crippen LogP contribution in [0.3, 0.4) is 0 Å². The molecular formula is C18H31NO2. The van der Waals surface area contributed by atoms with E-state index in [1.807, 2.05) is 0 Å². The van der Waals surface area contributed by atoms with Gasteiger partial charge in [-0.25, -0.2) is 0 Å². The minimum absolute atomic E-state index is 0.00335. The van der Waals surface area contributed by atoms with Gasteiger partial charge in [0.1, 0.15) is 12.1 Å². The lowest BCUT2D eigenvalue weighted by Gasteiger charge is -2.41. The molecular weight excluding hydrogens is 262 g/mol. The number of hydrogen-bond donors (Lipinski definition) is 1. The summed E-state index contributed by atoms with van der Waals surface area (Å²) in [6.07, 6.45) is 5.90. The monoisotopic (exact) mass is 293 g/mol. The highest BCUT2D eigenvalue weighted by molar-refractivity contribution is 5.77. The maximum absolute atomic E-state index is 12.7. The summed E-state index contributed by atoms with van der Waals surface area (Å²) in [4.78, 5) is 12.7. The van der Waals surface area contributed by atoms with Crippen molar-refractivity contribution >= 4 is 5.97 Å². The Morgan fingerprint density at radius 1 is 1.14 bits per heavy atom. The number of ether oxygens (including phenoxy) is 1. The normalized spacial score (nSPS) is 43.8. The minimum Gasteiger partial charge on any atom is -0.461 e. The van der Waals surface area contributed by atoms with Gasteiger partial charge in [0.15, 0.2) is 0 Å². The molecule has 4 atom stereocenters. The Morgan fingerprint density at radius 3 is 2.38 bits per heavy atom. The number of piperidine rings is 1. The Hall–Kier alpha value is -0.570. The van der Waals surface area contributed by atoms with E-state index >= 15 is 0 Å². The Kier molecular flexibility index (Phi) is 3.44. The second kappa shape index (κ2) is 4.71. The lowest BCUT2D eigenvalue weighted by Crippen LogP contribution is -2.53. The Morgan fingerprint density at radius 2 is 1.86 bits per heavy atom. The highest BCUT2D eigenvalue weighted by Gasteiger charge is 2.63. The van der Waals surface area contributed by atoms with Crippen LogP contribution in [0.4, 0.5) is 0 Å². The van der Waals surface area contributed by atoms with Gasteiger partial charge in [-0.1, -0.05) is 34.6 Å². The van der Waals surface area contributed by atoms with Crippen molar-refractivity contribution < 1.29 is 9.53 Å². The van der Waals surface area contributed by atoms with E-state index in [0.29, 0.717) is 11.3 Å². The number of esters is 1. The average Bonchev–Trinajstić information content (AvgIpc) is 2.71. The van der Waals surface area contributed by atoms with Gasteiger partial charge in [-0.3, -0.25) is 4.79 Å². The molecule has 0 radical (unpaired) electrons. The van der Waals surface area contributed by atoms with Gasteiger partial charge < -0.3 is 10.1 Å². The van der Waals surface area contributed by atoms with Crippen molar-refractivity contribution in [3.05, 3.63) is 0 Å². The summed E-state index contributed by atoms with van der Waals surface area (Å²) >= 11 is 0. The van der Waals surface area contributed by atoms with Gasteiger partial charge in [0.05, 0.1) is 0 Å². The van der Waals surface area contributed by atoms with Gasteiger partial charge >= 0.3 is 5.97 Å². The van der Waals surface area contributed by atoms with Crippen molar-refractivity contribution in [2.24, 2.45) is 22.2 Å². The molecule has 3 nitrogen and oxygen atoms in total. The molecule has 2 saturated carbocycles. The van der Waals surface area contributed by atoms with E-state index in [1.54, 1.807) is 0 Å². The van der Waals surface area contributed by atoms with E-state index in [2.05, 4.69) is 39.9 Å². The molecule has 0 aromatic carbocycles. The summed E-state index contributed by atoms with van der Waals surface area (Å²) in [6.45, 7) is 12.3. The minimum atomic E-state index is -0.142. The van der Waals surface area contributed by atoms with Crippen LogP contribution in [0.15, 0.2) is 0 Å². The maximum atomic E-state index is 12.7. The van der Waals surface area contributed by atoms with Gasteiger partial charge in [0, 0.05) is 5.41 Å². The first-order valence-electron chi connectivity index (χ1n) is 8.62. The van der Waals surface area contributed by atoms with E-state index < -0.39 is 0 Å². The average molecular weight is 293 g/mol. The first-order valence-corrected chi connectivity index (χ1v) is 8.62. The molecule has 4 unspecified atom stereocenters. The number of carbonyl (C=O) groups excluding carboxylic acids is 1. The molecule has 2 aliphatic carbocycles. The predicted octanol–water partition coefficient (Wildman–Crippen LogP) is 3.52. The van der Waals surface area contributed by atoms with E-state index in [0.717, 1.165) is 25.8 Å². The van der Waals surface area contributed by atoms with Gasteiger partial charge in [0.25, 0.3) is 0 Å². The molecule has 0 aromatic rings. The Bertz CT molecular complexity index is 442. The first-order chi connectivity index (χ1) is 9.68. The van der Waals surface area contributed by atoms with E-state index in [9.17, 15) is 4.79 Å². The molecule has 1 heterocycles. The summed E-state index contributed by atoms with van der Waals surface area (Å²) in [6, 6.07) is -0.142. The highest BCUT2D eigenvalue weighted by atomic mass is 16.5. The van der Waals surface area contributed by atoms with Crippen LogP contribution in [0, 0.1) is 22.2 Å². The zero-order valence-corrected chi connectivity index (χ0v) is 14.3. The lowest BCUT2D eigenvalue weighted by molar-refractivity contribution is -0.163. The maximum Gasteiger partial charge on any atom is 0.323 e. The molecule has 1 saturated heterocycles. The fourth-order valence-corrected chi connectivity index (χ4v) is 5.13. The van der Waals surface area contributed by atoms with Crippen LogP contribution >= 0.6 is 0 Å². The van der Waals surface area contributed by atoms with Crippen molar-refractivity contribution in [2.45, 2.75) is 78.9 Å². The topological polar surface area (TPSA) is 38.3 Å². The molecule has 0 spiro atoms. The standard InChI is InChI=1S/C18H31NO2/c1-16(2)8-6-10-19-14(16)15(20)21-13-11-12-7-9-18(13,5)17(12,3)4/h12-14,19H,6-11H2,1-5H3. The van der Waals surface area contributed by atoms with Gasteiger partial charge in [-0.05, 0) is 55.4 Å². The van der Waals surface area contributed by atoms with Gasteiger partial charge in [-0.2, -0.15) is 0 Å². The SMILES string of the molecule is CC1(C)CCCNC1C(=O)OC1CC2CCC1(C)C2(C)C. The molecule has 120 valence electrons. The van der Waals surface area contributed by atoms with Crippen LogP contribution in [0.5, 0.6) is 0 Å². The van der Waals surface area contributed by atoms with E-state index in [4.69, 9.17) is 4.74 Å². The molecule has 0 amide bonds. The third-order valence-electron chi connectivity index (χ3n) is 7.34. The molecule has 1 aliphatic heterocycles. The lowest BCUT2D eigenvalue weighted by atomic mass is 9.70. The molecule has 0 aromatic heterocycles. The largest absolute Gasteiger partial charge is 0.461 e. The van der Waals surface area contributed by atoms with Crippen molar-refractivity contribution in [1.82, 2.24) is 5.32 Å². The fraction of sp³-hybridized carbons (Fsp3) is 0.944. The predicted molar refractivity (Wildman–Crippen MR) is 83.9 cm³/mol. The van der Waals surface area contributed by atoms with Crippen molar-refractivity contribution in [3.8, 4) is 0 Å². The zero-order chi connectivity index (χ0) is 15.5. The second-order valence-electron chi connectivity index (χ2n) is 9.02. The third-order valence-corrected chi connectivity index (χ3v) is 7.34. The molecule has 1 N–H and O–H groups in total. The summed E-state index contributed by atoms with van der Waals surface area (Å²) in [5.41, 5.74) is 0.461. The smallest absolute Gasteiger partial charge is 0.323 e. The van der Waals surface area contributed by atoms with Crippen LogP contribution < -0.4 is 5.32 Å². The second-order valence-corrected chi connectivity index (χ2v) is 9.02. The molecule has 3 fully saturated rings. The quantitative estimate of drug-likeness (QED) is 0.792. The van der Waals surface area contributed by atoms with E-state index in [-0.39, 0.29) is 28.9 Å². The van der Waals surface area contributed by atoms with Crippen LogP contribution in [0.2, 0.25) is 0 Å². The number of fused-ring (bicyclic) bond motifs is 2. The first kappa shape index (κ1) is 15.3. The van der Waals surface area contributed by atoms with Crippen LogP contribution in [-0.2, 0) is 9.53 Å². The fourth-order valence-electron chi connectivity index (χ4n) is 5.13. The number of hydrogen-bond acceptors (Lipinski definition) is 3. The van der Waals surface area contributed by atoms with Crippen LogP contribution in [0.25, 0.3) is 0 Å². The molecule has 21 heavy (non-hydrogen) atoms. The highest BCUT2D eigenvalue weighted by Crippen LogP contribution is 2.66. The summed E-state index contributed by atoms with van der Waals surface area (Å²) < 4.78 is 6.06. The molecule has 3 rings (SSSR count). The summed E-state index contributed by atoms with van der Waals surface area (Å²) in [5, 5.41) is 3.39. The summed E-state index contributed by atoms with van der Waals surface area (Å²) in [5.74, 6) is 0.696. The van der Waals surface area contributed by atoms with Gasteiger partial charge in [0.2, 0.25) is 0 Å². The van der Waals surface area contributed by atoms with Crippen LogP contribution in [0.1, 0.15) is 66.7 Å². The summed E-state index contributed by atoms with van der Waals surface area (Å²) in [7, 11) is 0. The molecule has 3 aliphatic rings. The van der Waals surface area contributed by atoms with Crippen molar-refractivity contribution in [1.29, 1.82) is 0 Å². The number of nitrogens with one attached hydrogen (secondary N) is 1. The van der Waals surface area contributed by atoms with Gasteiger partial charge in [-0.15, -0.1) is 0 Å².